The van der Waals surface area contributed by atoms with Gasteiger partial charge in [-0.3, -0.25) is 4.98 Å². The Kier molecular flexibility index (Phi) is 3.10. The lowest BCUT2D eigenvalue weighted by molar-refractivity contribution is 0.682. The van der Waals surface area contributed by atoms with Crippen LogP contribution in [-0.4, -0.2) is 51.1 Å². The van der Waals surface area contributed by atoms with Gasteiger partial charge < -0.3 is 14.8 Å². The van der Waals surface area contributed by atoms with Crippen molar-refractivity contribution >= 4 is 22.7 Å². The Morgan fingerprint density at radius 2 is 2.23 bits per heavy atom. The molecule has 0 saturated carbocycles. The lowest BCUT2D eigenvalue weighted by Crippen LogP contribution is -2.35. The van der Waals surface area contributed by atoms with Crippen LogP contribution in [0, 0.1) is 0 Å². The zero-order chi connectivity index (χ0) is 14.9. The third-order valence-corrected chi connectivity index (χ3v) is 4.25. The van der Waals surface area contributed by atoms with Crippen LogP contribution in [0.15, 0.2) is 37.2 Å². The first kappa shape index (κ1) is 13.0. The smallest absolute Gasteiger partial charge is 0.147 e. The predicted octanol–water partition coefficient (Wildman–Crippen LogP) is 1.46. The van der Waals surface area contributed by atoms with Gasteiger partial charge in [-0.05, 0) is 12.5 Å². The molecule has 1 aliphatic rings. The van der Waals surface area contributed by atoms with Crippen LogP contribution >= 0.6 is 0 Å². The van der Waals surface area contributed by atoms with Crippen LogP contribution in [0.4, 0.5) is 11.6 Å². The number of fused-ring (bicyclic) bond motifs is 1. The Bertz CT molecular complexity index is 770. The highest BCUT2D eigenvalue weighted by Gasteiger charge is 2.28. The number of aromatic amines is 1. The molecular weight excluding hydrogens is 278 g/mol. The second-order valence-corrected chi connectivity index (χ2v) is 5.50. The van der Waals surface area contributed by atoms with Crippen LogP contribution in [0.5, 0.6) is 0 Å². The number of hydrogen-bond acceptors (Lipinski definition) is 6. The SMILES string of the molecule is CN(c1cnccn1)[C@@H]1CCN(c2ncnc3[nH]ccc23)C1. The van der Waals surface area contributed by atoms with Gasteiger partial charge in [0.2, 0.25) is 0 Å². The van der Waals surface area contributed by atoms with Gasteiger partial charge in [0.15, 0.2) is 0 Å². The predicted molar refractivity (Wildman–Crippen MR) is 84.9 cm³/mol. The van der Waals surface area contributed by atoms with E-state index in [1.807, 2.05) is 12.3 Å². The molecule has 0 radical (unpaired) electrons. The summed E-state index contributed by atoms with van der Waals surface area (Å²) in [5, 5.41) is 1.07. The van der Waals surface area contributed by atoms with Gasteiger partial charge >= 0.3 is 0 Å². The first-order valence-corrected chi connectivity index (χ1v) is 7.35. The number of hydrogen-bond donors (Lipinski definition) is 1. The van der Waals surface area contributed by atoms with E-state index in [-0.39, 0.29) is 0 Å². The summed E-state index contributed by atoms with van der Waals surface area (Å²) in [4.78, 5) is 24.9. The number of H-pyrrole nitrogens is 1. The molecule has 112 valence electrons. The molecule has 0 aromatic carbocycles. The van der Waals surface area contributed by atoms with Gasteiger partial charge in [0.25, 0.3) is 0 Å². The van der Waals surface area contributed by atoms with E-state index in [0.717, 1.165) is 42.2 Å². The minimum atomic E-state index is 0.403. The molecule has 1 N–H and O–H groups in total. The topological polar surface area (TPSA) is 73.8 Å². The van der Waals surface area contributed by atoms with E-state index >= 15 is 0 Å². The molecule has 3 aromatic rings. The van der Waals surface area contributed by atoms with E-state index < -0.39 is 0 Å². The molecule has 1 aliphatic heterocycles. The molecular formula is C15H17N7. The Balaban J connectivity index is 1.56. The lowest BCUT2D eigenvalue weighted by atomic mass is 10.2. The van der Waals surface area contributed by atoms with Crippen molar-refractivity contribution in [3.63, 3.8) is 0 Å². The number of aromatic nitrogens is 5. The summed E-state index contributed by atoms with van der Waals surface area (Å²) in [6.07, 6.45) is 9.82. The molecule has 22 heavy (non-hydrogen) atoms. The molecule has 1 fully saturated rings. The summed E-state index contributed by atoms with van der Waals surface area (Å²) >= 11 is 0. The quantitative estimate of drug-likeness (QED) is 0.788. The van der Waals surface area contributed by atoms with Crippen LogP contribution in [0.2, 0.25) is 0 Å². The van der Waals surface area contributed by atoms with Gasteiger partial charge in [0.05, 0.1) is 11.6 Å². The van der Waals surface area contributed by atoms with Crippen molar-refractivity contribution in [3.05, 3.63) is 37.2 Å². The van der Waals surface area contributed by atoms with Gasteiger partial charge in [-0.25, -0.2) is 15.0 Å². The summed E-state index contributed by atoms with van der Waals surface area (Å²) in [5.41, 5.74) is 0.885. The Morgan fingerprint density at radius 1 is 1.27 bits per heavy atom. The van der Waals surface area contributed by atoms with E-state index in [1.54, 1.807) is 24.9 Å². The fourth-order valence-corrected chi connectivity index (χ4v) is 3.02. The molecule has 0 amide bonds. The first-order chi connectivity index (χ1) is 10.8. The number of likely N-dealkylation sites (N-methyl/N-ethyl adjacent to an activating group) is 1. The minimum Gasteiger partial charge on any atom is -0.354 e. The Morgan fingerprint density at radius 3 is 3.09 bits per heavy atom. The molecule has 0 unspecified atom stereocenters. The second kappa shape index (κ2) is 5.25. The molecule has 3 aromatic heterocycles. The fraction of sp³-hybridized carbons (Fsp3) is 0.333. The zero-order valence-electron chi connectivity index (χ0n) is 12.3. The maximum atomic E-state index is 4.48. The molecule has 0 bridgehead atoms. The number of nitrogens with zero attached hydrogens (tertiary/aromatic N) is 6. The van der Waals surface area contributed by atoms with E-state index in [9.17, 15) is 0 Å². The molecule has 4 heterocycles. The van der Waals surface area contributed by atoms with Gasteiger partial charge in [-0.15, -0.1) is 0 Å². The van der Waals surface area contributed by atoms with Crippen molar-refractivity contribution < 1.29 is 0 Å². The Hall–Kier alpha value is -2.70. The highest BCUT2D eigenvalue weighted by Crippen LogP contribution is 2.27. The first-order valence-electron chi connectivity index (χ1n) is 7.35. The maximum absolute atomic E-state index is 4.48. The number of rotatable bonds is 3. The van der Waals surface area contributed by atoms with Crippen molar-refractivity contribution in [3.8, 4) is 0 Å². The third kappa shape index (κ3) is 2.14. The van der Waals surface area contributed by atoms with E-state index in [2.05, 4.69) is 41.8 Å². The zero-order valence-corrected chi connectivity index (χ0v) is 12.3. The van der Waals surface area contributed by atoms with Crippen LogP contribution in [0.25, 0.3) is 11.0 Å². The number of anilines is 2. The van der Waals surface area contributed by atoms with Crippen LogP contribution in [0.1, 0.15) is 6.42 Å². The molecule has 0 aliphatic carbocycles. The second-order valence-electron chi connectivity index (χ2n) is 5.50. The summed E-state index contributed by atoms with van der Waals surface area (Å²) in [6.45, 7) is 1.90. The average Bonchev–Trinajstić information content (AvgIpc) is 3.24. The van der Waals surface area contributed by atoms with Gasteiger partial charge in [0, 0.05) is 44.8 Å². The maximum Gasteiger partial charge on any atom is 0.147 e. The normalized spacial score (nSPS) is 18.0. The van der Waals surface area contributed by atoms with Crippen molar-refractivity contribution in [1.29, 1.82) is 0 Å². The molecule has 1 saturated heterocycles. The molecule has 1 atom stereocenters. The molecule has 7 heteroatoms. The number of nitrogens with one attached hydrogen (secondary N) is 1. The van der Waals surface area contributed by atoms with Crippen LogP contribution in [-0.2, 0) is 0 Å². The van der Waals surface area contributed by atoms with Crippen molar-refractivity contribution in [1.82, 2.24) is 24.9 Å². The van der Waals surface area contributed by atoms with Crippen LogP contribution in [0.3, 0.4) is 0 Å². The Labute approximate surface area is 128 Å². The lowest BCUT2D eigenvalue weighted by Gasteiger charge is -2.25. The van der Waals surface area contributed by atoms with Crippen molar-refractivity contribution in [2.24, 2.45) is 0 Å². The van der Waals surface area contributed by atoms with Crippen molar-refractivity contribution in [2.75, 3.05) is 29.9 Å². The summed E-state index contributed by atoms with van der Waals surface area (Å²) in [5.74, 6) is 1.91. The molecule has 4 rings (SSSR count). The van der Waals surface area contributed by atoms with Crippen LogP contribution < -0.4 is 9.80 Å². The highest BCUT2D eigenvalue weighted by atomic mass is 15.3. The van der Waals surface area contributed by atoms with Crippen molar-refractivity contribution in [2.45, 2.75) is 12.5 Å². The minimum absolute atomic E-state index is 0.403. The average molecular weight is 295 g/mol. The summed E-state index contributed by atoms with van der Waals surface area (Å²) in [7, 11) is 2.07. The monoisotopic (exact) mass is 295 g/mol. The summed E-state index contributed by atoms with van der Waals surface area (Å²) < 4.78 is 0. The fourth-order valence-electron chi connectivity index (χ4n) is 3.02. The standard InChI is InChI=1S/C15H17N7/c1-21(13-8-16-5-6-17-13)11-3-7-22(9-11)15-12-2-4-18-14(12)19-10-20-15/h2,4-6,8,10-11H,3,7,9H2,1H3,(H,18,19,20)/t11-/m1/s1. The van der Waals surface area contributed by atoms with Gasteiger partial charge in [-0.2, -0.15) is 0 Å². The van der Waals surface area contributed by atoms with E-state index in [4.69, 9.17) is 0 Å². The molecule has 7 nitrogen and oxygen atoms in total. The molecule has 0 spiro atoms. The highest BCUT2D eigenvalue weighted by molar-refractivity contribution is 5.87. The van der Waals surface area contributed by atoms with E-state index in [0.29, 0.717) is 6.04 Å². The third-order valence-electron chi connectivity index (χ3n) is 4.25. The van der Waals surface area contributed by atoms with E-state index in [1.165, 1.54) is 0 Å². The van der Waals surface area contributed by atoms with Gasteiger partial charge in [0.1, 0.15) is 23.6 Å². The largest absolute Gasteiger partial charge is 0.354 e. The van der Waals surface area contributed by atoms with Gasteiger partial charge in [-0.1, -0.05) is 0 Å². The summed E-state index contributed by atoms with van der Waals surface area (Å²) in [6, 6.07) is 2.44.